The lowest BCUT2D eigenvalue weighted by molar-refractivity contribution is -0.112. The van der Waals surface area contributed by atoms with Crippen LogP contribution in [0, 0.1) is 0 Å². The summed E-state index contributed by atoms with van der Waals surface area (Å²) < 4.78 is 5.19. The van der Waals surface area contributed by atoms with E-state index in [0.717, 1.165) is 19.1 Å². The van der Waals surface area contributed by atoms with Crippen LogP contribution in [-0.2, 0) is 9.53 Å². The van der Waals surface area contributed by atoms with Crippen molar-refractivity contribution in [1.82, 2.24) is 0 Å². The van der Waals surface area contributed by atoms with E-state index < -0.39 is 0 Å². The molecule has 0 spiro atoms. The summed E-state index contributed by atoms with van der Waals surface area (Å²) in [6.07, 6.45) is 21.2. The lowest BCUT2D eigenvalue weighted by Gasteiger charge is -2.04. The summed E-state index contributed by atoms with van der Waals surface area (Å²) in [5, 5.41) is 0. The van der Waals surface area contributed by atoms with Crippen molar-refractivity contribution >= 4 is 6.29 Å². The number of rotatable bonds is 16. The molecule has 1 rings (SSSR count). The number of hydrogen-bond acceptors (Lipinski definition) is 2. The van der Waals surface area contributed by atoms with E-state index in [0.29, 0.717) is 6.61 Å². The molecule has 0 radical (unpaired) electrons. The number of hydrogen-bond donors (Lipinski definition) is 0. The molecule has 1 saturated heterocycles. The highest BCUT2D eigenvalue weighted by molar-refractivity contribution is 5.66. The van der Waals surface area contributed by atoms with Crippen molar-refractivity contribution in [2.45, 2.75) is 109 Å². The first-order valence-electron chi connectivity index (χ1n) is 9.43. The molecule has 124 valence electrons. The summed E-state index contributed by atoms with van der Waals surface area (Å²) in [4.78, 5) is 10.7. The molecule has 0 bridgehead atoms. The summed E-state index contributed by atoms with van der Waals surface area (Å²) in [7, 11) is 0. The van der Waals surface area contributed by atoms with Crippen molar-refractivity contribution in [3.8, 4) is 0 Å². The normalized spacial score (nSPS) is 20.6. The summed E-state index contributed by atoms with van der Waals surface area (Å²) in [5.74, 6) is 0. The molecule has 1 atom stereocenters. The topological polar surface area (TPSA) is 29.6 Å². The lowest BCUT2D eigenvalue weighted by Crippen LogP contribution is -2.11. The van der Waals surface area contributed by atoms with Crippen LogP contribution < -0.4 is 0 Å². The Morgan fingerprint density at radius 2 is 1.14 bits per heavy atom. The highest BCUT2D eigenvalue weighted by atomic mass is 16.6. The molecule has 0 aromatic carbocycles. The first-order valence-corrected chi connectivity index (χ1v) is 9.43. The third-order valence-electron chi connectivity index (χ3n) is 4.68. The standard InChI is InChI=1S/C19H36O2/c1-2-3-4-5-6-7-8-9-10-11-12-13-14-15-16-19(17-20)18-21-19/h17H,2-16,18H2,1H3. The highest BCUT2D eigenvalue weighted by Crippen LogP contribution is 2.30. The van der Waals surface area contributed by atoms with E-state index in [9.17, 15) is 4.79 Å². The Kier molecular flexibility index (Phi) is 10.9. The van der Waals surface area contributed by atoms with E-state index in [1.165, 1.54) is 83.5 Å². The zero-order chi connectivity index (χ0) is 15.2. The Balaban J connectivity index is 1.68. The smallest absolute Gasteiger partial charge is 0.154 e. The van der Waals surface area contributed by atoms with Crippen molar-refractivity contribution in [3.05, 3.63) is 0 Å². The molecule has 0 saturated carbocycles. The molecule has 1 fully saturated rings. The van der Waals surface area contributed by atoms with Crippen LogP contribution in [0.2, 0.25) is 0 Å². The number of carbonyl (C=O) groups excluding carboxylic acids is 1. The van der Waals surface area contributed by atoms with Gasteiger partial charge in [0, 0.05) is 0 Å². The quantitative estimate of drug-likeness (QED) is 0.204. The average Bonchev–Trinajstić information content (AvgIpc) is 3.28. The number of epoxide rings is 1. The maximum absolute atomic E-state index is 10.7. The van der Waals surface area contributed by atoms with E-state index in [2.05, 4.69) is 6.92 Å². The first-order chi connectivity index (χ1) is 10.3. The maximum atomic E-state index is 10.7. The van der Waals surface area contributed by atoms with E-state index in [-0.39, 0.29) is 5.60 Å². The summed E-state index contributed by atoms with van der Waals surface area (Å²) in [6, 6.07) is 0. The largest absolute Gasteiger partial charge is 0.362 e. The molecule has 0 amide bonds. The van der Waals surface area contributed by atoms with E-state index >= 15 is 0 Å². The SMILES string of the molecule is CCCCCCCCCCCCCCCCC1(C=O)CO1. The minimum Gasteiger partial charge on any atom is -0.362 e. The van der Waals surface area contributed by atoms with Crippen molar-refractivity contribution in [3.63, 3.8) is 0 Å². The fourth-order valence-corrected chi connectivity index (χ4v) is 2.98. The monoisotopic (exact) mass is 296 g/mol. The number of unbranched alkanes of at least 4 members (excludes halogenated alkanes) is 13. The van der Waals surface area contributed by atoms with Crippen LogP contribution in [-0.4, -0.2) is 18.5 Å². The van der Waals surface area contributed by atoms with Gasteiger partial charge in [0.1, 0.15) is 5.60 Å². The predicted octanol–water partition coefficient (Wildman–Crippen LogP) is 5.83. The van der Waals surface area contributed by atoms with Gasteiger partial charge in [-0.1, -0.05) is 96.8 Å². The van der Waals surface area contributed by atoms with Crippen molar-refractivity contribution in [1.29, 1.82) is 0 Å². The second kappa shape index (κ2) is 12.2. The van der Waals surface area contributed by atoms with Crippen LogP contribution in [0.15, 0.2) is 0 Å². The number of ether oxygens (including phenoxy) is 1. The highest BCUT2D eigenvalue weighted by Gasteiger charge is 2.43. The average molecular weight is 296 g/mol. The van der Waals surface area contributed by atoms with Gasteiger partial charge >= 0.3 is 0 Å². The van der Waals surface area contributed by atoms with Gasteiger partial charge in [0.05, 0.1) is 6.61 Å². The minimum absolute atomic E-state index is 0.350. The van der Waals surface area contributed by atoms with E-state index in [1.807, 2.05) is 0 Å². The van der Waals surface area contributed by atoms with Crippen molar-refractivity contribution < 1.29 is 9.53 Å². The second-order valence-corrected chi connectivity index (χ2v) is 6.82. The third-order valence-corrected chi connectivity index (χ3v) is 4.68. The summed E-state index contributed by atoms with van der Waals surface area (Å²) in [6.45, 7) is 2.94. The molecule has 1 aliphatic rings. The van der Waals surface area contributed by atoms with E-state index in [4.69, 9.17) is 4.74 Å². The molecular weight excluding hydrogens is 260 g/mol. The molecule has 21 heavy (non-hydrogen) atoms. The first kappa shape index (κ1) is 18.7. The van der Waals surface area contributed by atoms with Crippen LogP contribution in [0.3, 0.4) is 0 Å². The lowest BCUT2D eigenvalue weighted by atomic mass is 10.0. The Bertz CT molecular complexity index is 246. The van der Waals surface area contributed by atoms with Gasteiger partial charge in [0.25, 0.3) is 0 Å². The van der Waals surface area contributed by atoms with E-state index in [1.54, 1.807) is 0 Å². The third kappa shape index (κ3) is 10.1. The van der Waals surface area contributed by atoms with Crippen LogP contribution in [0.4, 0.5) is 0 Å². The summed E-state index contributed by atoms with van der Waals surface area (Å²) >= 11 is 0. The molecule has 0 aromatic heterocycles. The second-order valence-electron chi connectivity index (χ2n) is 6.82. The van der Waals surface area contributed by atoms with Gasteiger partial charge < -0.3 is 9.53 Å². The minimum atomic E-state index is -0.350. The fourth-order valence-electron chi connectivity index (χ4n) is 2.98. The molecule has 0 aromatic rings. The Morgan fingerprint density at radius 1 is 0.762 bits per heavy atom. The Labute approximate surface area is 132 Å². The predicted molar refractivity (Wildman–Crippen MR) is 89.7 cm³/mol. The fraction of sp³-hybridized carbons (Fsp3) is 0.947. The molecule has 2 nitrogen and oxygen atoms in total. The van der Waals surface area contributed by atoms with Gasteiger partial charge in [-0.3, -0.25) is 0 Å². The van der Waals surface area contributed by atoms with Crippen molar-refractivity contribution in [2.24, 2.45) is 0 Å². The van der Waals surface area contributed by atoms with Crippen LogP contribution in [0.1, 0.15) is 103 Å². The van der Waals surface area contributed by atoms with Crippen LogP contribution >= 0.6 is 0 Å². The van der Waals surface area contributed by atoms with Crippen molar-refractivity contribution in [2.75, 3.05) is 6.61 Å². The zero-order valence-corrected chi connectivity index (χ0v) is 14.2. The van der Waals surface area contributed by atoms with Crippen LogP contribution in [0.5, 0.6) is 0 Å². The number of aldehydes is 1. The number of carbonyl (C=O) groups is 1. The molecular formula is C19H36O2. The van der Waals surface area contributed by atoms with Gasteiger partial charge in [-0.05, 0) is 6.42 Å². The molecule has 1 unspecified atom stereocenters. The summed E-state index contributed by atoms with van der Waals surface area (Å²) in [5.41, 5.74) is -0.350. The molecule has 1 heterocycles. The zero-order valence-electron chi connectivity index (χ0n) is 14.2. The molecule has 0 aliphatic carbocycles. The van der Waals surface area contributed by atoms with Gasteiger partial charge in [-0.2, -0.15) is 0 Å². The maximum Gasteiger partial charge on any atom is 0.154 e. The Hall–Kier alpha value is -0.370. The Morgan fingerprint density at radius 3 is 1.48 bits per heavy atom. The molecule has 0 N–H and O–H groups in total. The van der Waals surface area contributed by atoms with Crippen LogP contribution in [0.25, 0.3) is 0 Å². The van der Waals surface area contributed by atoms with Gasteiger partial charge in [0.2, 0.25) is 0 Å². The molecule has 2 heteroatoms. The van der Waals surface area contributed by atoms with Gasteiger partial charge in [-0.15, -0.1) is 0 Å². The van der Waals surface area contributed by atoms with Gasteiger partial charge in [-0.25, -0.2) is 0 Å². The molecule has 1 aliphatic heterocycles. The van der Waals surface area contributed by atoms with Gasteiger partial charge in [0.15, 0.2) is 6.29 Å².